The van der Waals surface area contributed by atoms with Gasteiger partial charge in [0.1, 0.15) is 12.1 Å². The van der Waals surface area contributed by atoms with Crippen LogP contribution in [0.4, 0.5) is 4.39 Å². The van der Waals surface area contributed by atoms with Gasteiger partial charge in [-0.3, -0.25) is 4.57 Å². The molecule has 0 aliphatic heterocycles. The van der Waals surface area contributed by atoms with Gasteiger partial charge < -0.3 is 4.74 Å². The second-order valence-electron chi connectivity index (χ2n) is 2.63. The van der Waals surface area contributed by atoms with Crippen molar-refractivity contribution in [2.75, 3.05) is 7.11 Å². The molecule has 0 aromatic carbocycles. The Morgan fingerprint density at radius 2 is 2.29 bits per heavy atom. The number of ether oxygens (including phenoxy) is 1. The fraction of sp³-hybridized carbons (Fsp3) is 0.111. The first-order valence-corrected chi connectivity index (χ1v) is 4.00. The Hall–Kier alpha value is -1.91. The van der Waals surface area contributed by atoms with E-state index in [0.717, 1.165) is 0 Å². The van der Waals surface area contributed by atoms with E-state index in [9.17, 15) is 4.39 Å². The van der Waals surface area contributed by atoms with Crippen molar-refractivity contribution < 1.29 is 9.13 Å². The summed E-state index contributed by atoms with van der Waals surface area (Å²) >= 11 is 0. The van der Waals surface area contributed by atoms with Gasteiger partial charge in [-0.15, -0.1) is 0 Å². The summed E-state index contributed by atoms with van der Waals surface area (Å²) < 4.78 is 19.5. The molecule has 0 aliphatic carbocycles. The molecule has 2 rings (SSSR count). The Labute approximate surface area is 80.0 Å². The lowest BCUT2D eigenvalue weighted by molar-refractivity contribution is 0.377. The zero-order valence-electron chi connectivity index (χ0n) is 7.51. The molecule has 0 saturated carbocycles. The largest absolute Gasteiger partial charge is 0.492 e. The van der Waals surface area contributed by atoms with Crippen molar-refractivity contribution in [3.8, 4) is 11.6 Å². The second-order valence-corrected chi connectivity index (χ2v) is 2.63. The summed E-state index contributed by atoms with van der Waals surface area (Å²) in [6.07, 6.45) is 4.84. The molecule has 0 aliphatic rings. The van der Waals surface area contributed by atoms with Crippen molar-refractivity contribution in [1.29, 1.82) is 0 Å². The molecule has 0 amide bonds. The van der Waals surface area contributed by atoms with Crippen LogP contribution in [0.25, 0.3) is 5.82 Å². The predicted molar refractivity (Wildman–Crippen MR) is 47.9 cm³/mol. The Kier molecular flexibility index (Phi) is 2.14. The lowest BCUT2D eigenvalue weighted by atomic mass is 10.4. The van der Waals surface area contributed by atoms with Crippen LogP contribution >= 0.6 is 0 Å². The van der Waals surface area contributed by atoms with Crippen LogP contribution < -0.4 is 4.74 Å². The predicted octanol–water partition coefficient (Wildman–Crippen LogP) is 1.41. The molecule has 0 unspecified atom stereocenters. The number of nitrogens with zero attached hydrogens (tertiary/aromatic N) is 3. The van der Waals surface area contributed by atoms with Gasteiger partial charge >= 0.3 is 0 Å². The van der Waals surface area contributed by atoms with Gasteiger partial charge in [0.15, 0.2) is 5.75 Å². The molecule has 0 bridgehead atoms. The highest BCUT2D eigenvalue weighted by molar-refractivity contribution is 5.29. The molecule has 0 spiro atoms. The number of rotatable bonds is 2. The quantitative estimate of drug-likeness (QED) is 0.677. The van der Waals surface area contributed by atoms with E-state index in [1.165, 1.54) is 13.2 Å². The summed E-state index contributed by atoms with van der Waals surface area (Å²) in [5.41, 5.74) is 0. The van der Waals surface area contributed by atoms with Crippen LogP contribution in [0.3, 0.4) is 0 Å². The molecule has 2 heterocycles. The third-order valence-corrected chi connectivity index (χ3v) is 1.79. The van der Waals surface area contributed by atoms with Crippen LogP contribution in [0.1, 0.15) is 0 Å². The van der Waals surface area contributed by atoms with Crippen molar-refractivity contribution in [1.82, 2.24) is 14.5 Å². The Balaban J connectivity index is 2.43. The van der Waals surface area contributed by atoms with E-state index in [0.29, 0.717) is 5.82 Å². The Bertz CT molecular complexity index is 428. The van der Waals surface area contributed by atoms with Crippen LogP contribution in [0.5, 0.6) is 5.75 Å². The minimum absolute atomic E-state index is 0.133. The van der Waals surface area contributed by atoms with E-state index in [4.69, 9.17) is 4.74 Å². The minimum Gasteiger partial charge on any atom is -0.492 e. The van der Waals surface area contributed by atoms with Crippen LogP contribution in [0.2, 0.25) is 0 Å². The standard InChI is InChI=1S/C9H8FN3O/c1-14-7-2-3-8(12-9(7)10)13-5-4-11-6-13/h2-6H,1H3. The fourth-order valence-electron chi connectivity index (χ4n) is 1.10. The summed E-state index contributed by atoms with van der Waals surface area (Å²) in [6, 6.07) is 3.18. The molecular weight excluding hydrogens is 185 g/mol. The molecule has 5 heteroatoms. The van der Waals surface area contributed by atoms with Crippen molar-refractivity contribution in [3.63, 3.8) is 0 Å². The number of methoxy groups -OCH3 is 1. The summed E-state index contributed by atoms with van der Waals surface area (Å²) in [4.78, 5) is 7.56. The first kappa shape index (κ1) is 8.68. The summed E-state index contributed by atoms with van der Waals surface area (Å²) in [5.74, 6) is -0.0200. The minimum atomic E-state index is -0.626. The maximum Gasteiger partial charge on any atom is 0.257 e. The van der Waals surface area contributed by atoms with Gasteiger partial charge in [0.05, 0.1) is 7.11 Å². The molecule has 0 N–H and O–H groups in total. The number of pyridine rings is 1. The summed E-state index contributed by atoms with van der Waals surface area (Å²) in [7, 11) is 1.40. The third-order valence-electron chi connectivity index (χ3n) is 1.79. The Morgan fingerprint density at radius 3 is 2.86 bits per heavy atom. The number of hydrogen-bond donors (Lipinski definition) is 0. The molecule has 0 fully saturated rings. The zero-order valence-corrected chi connectivity index (χ0v) is 7.51. The van der Waals surface area contributed by atoms with Gasteiger partial charge in [0.2, 0.25) is 0 Å². The fourth-order valence-corrected chi connectivity index (χ4v) is 1.10. The highest BCUT2D eigenvalue weighted by Gasteiger charge is 2.05. The van der Waals surface area contributed by atoms with Gasteiger partial charge in [0, 0.05) is 12.4 Å². The molecule has 72 valence electrons. The SMILES string of the molecule is COc1ccc(-n2ccnc2)nc1F. The van der Waals surface area contributed by atoms with Crippen LogP contribution in [0, 0.1) is 5.95 Å². The van der Waals surface area contributed by atoms with Crippen molar-refractivity contribution in [2.24, 2.45) is 0 Å². The van der Waals surface area contributed by atoms with Crippen LogP contribution in [0.15, 0.2) is 30.9 Å². The normalized spacial score (nSPS) is 10.1. The lowest BCUT2D eigenvalue weighted by Crippen LogP contribution is -1.98. The summed E-state index contributed by atoms with van der Waals surface area (Å²) in [5, 5.41) is 0. The molecule has 2 aromatic rings. The van der Waals surface area contributed by atoms with Gasteiger partial charge in [-0.05, 0) is 12.1 Å². The molecule has 4 nitrogen and oxygen atoms in total. The maximum absolute atomic E-state index is 13.2. The molecule has 0 radical (unpaired) electrons. The highest BCUT2D eigenvalue weighted by Crippen LogP contribution is 2.15. The van der Waals surface area contributed by atoms with E-state index in [1.54, 1.807) is 29.4 Å². The first-order chi connectivity index (χ1) is 6.81. The molecule has 0 atom stereocenters. The van der Waals surface area contributed by atoms with E-state index in [2.05, 4.69) is 9.97 Å². The Morgan fingerprint density at radius 1 is 1.43 bits per heavy atom. The van der Waals surface area contributed by atoms with E-state index < -0.39 is 5.95 Å². The lowest BCUT2D eigenvalue weighted by Gasteiger charge is -2.03. The average Bonchev–Trinajstić information content (AvgIpc) is 2.70. The first-order valence-electron chi connectivity index (χ1n) is 4.00. The topological polar surface area (TPSA) is 39.9 Å². The van der Waals surface area contributed by atoms with Gasteiger partial charge in [-0.2, -0.15) is 9.37 Å². The highest BCUT2D eigenvalue weighted by atomic mass is 19.1. The van der Waals surface area contributed by atoms with Crippen LogP contribution in [-0.2, 0) is 0 Å². The van der Waals surface area contributed by atoms with Crippen LogP contribution in [-0.4, -0.2) is 21.6 Å². The monoisotopic (exact) mass is 193 g/mol. The van der Waals surface area contributed by atoms with Gasteiger partial charge in [-0.25, -0.2) is 4.98 Å². The van der Waals surface area contributed by atoms with Gasteiger partial charge in [-0.1, -0.05) is 0 Å². The summed E-state index contributed by atoms with van der Waals surface area (Å²) in [6.45, 7) is 0. The molecule has 14 heavy (non-hydrogen) atoms. The van der Waals surface area contributed by atoms with E-state index in [-0.39, 0.29) is 5.75 Å². The van der Waals surface area contributed by atoms with Crippen molar-refractivity contribution in [3.05, 3.63) is 36.8 Å². The molecule has 2 aromatic heterocycles. The van der Waals surface area contributed by atoms with Crippen molar-refractivity contribution in [2.45, 2.75) is 0 Å². The average molecular weight is 193 g/mol. The van der Waals surface area contributed by atoms with Crippen molar-refractivity contribution >= 4 is 0 Å². The molecular formula is C9H8FN3O. The smallest absolute Gasteiger partial charge is 0.257 e. The van der Waals surface area contributed by atoms with E-state index >= 15 is 0 Å². The second kappa shape index (κ2) is 3.45. The van der Waals surface area contributed by atoms with Gasteiger partial charge in [0.25, 0.3) is 5.95 Å². The molecule has 0 saturated heterocycles. The number of hydrogen-bond acceptors (Lipinski definition) is 3. The number of halogens is 1. The number of aromatic nitrogens is 3. The number of imidazole rings is 1. The van der Waals surface area contributed by atoms with E-state index in [1.807, 2.05) is 0 Å². The third kappa shape index (κ3) is 1.44. The maximum atomic E-state index is 13.2. The zero-order chi connectivity index (χ0) is 9.97.